The maximum Gasteiger partial charge on any atom is 0.118 e. The summed E-state index contributed by atoms with van der Waals surface area (Å²) in [6, 6.07) is 8.06. The van der Waals surface area contributed by atoms with Crippen LogP contribution in [-0.2, 0) is 13.1 Å². The van der Waals surface area contributed by atoms with Crippen molar-refractivity contribution in [3.8, 4) is 5.75 Å². The van der Waals surface area contributed by atoms with Gasteiger partial charge in [0.1, 0.15) is 5.75 Å². The molecule has 0 radical (unpaired) electrons. The molecule has 4 heteroatoms. The van der Waals surface area contributed by atoms with Gasteiger partial charge in [-0.25, -0.2) is 0 Å². The number of ether oxygens (including phenoxy) is 1. The molecule has 2 aromatic rings. The summed E-state index contributed by atoms with van der Waals surface area (Å²) in [6.45, 7) is 4.83. The van der Waals surface area contributed by atoms with Crippen molar-refractivity contribution < 1.29 is 4.74 Å². The fourth-order valence-electron chi connectivity index (χ4n) is 2.12. The Balaban J connectivity index is 1.82. The molecule has 0 atom stereocenters. The van der Waals surface area contributed by atoms with Crippen LogP contribution in [-0.4, -0.2) is 35.4 Å². The van der Waals surface area contributed by atoms with Gasteiger partial charge in [-0.05, 0) is 31.7 Å². The second-order valence-corrected chi connectivity index (χ2v) is 5.08. The van der Waals surface area contributed by atoms with Gasteiger partial charge in [-0.2, -0.15) is 5.10 Å². The molecular formula is C17H23N3O. The minimum Gasteiger partial charge on any atom is -0.497 e. The van der Waals surface area contributed by atoms with E-state index in [1.165, 1.54) is 11.1 Å². The molecule has 0 fully saturated rings. The highest BCUT2D eigenvalue weighted by atomic mass is 16.5. The van der Waals surface area contributed by atoms with Crippen LogP contribution in [0.25, 0.3) is 6.08 Å². The topological polar surface area (TPSA) is 30.3 Å². The smallest absolute Gasteiger partial charge is 0.118 e. The van der Waals surface area contributed by atoms with Gasteiger partial charge in [-0.1, -0.05) is 24.3 Å². The van der Waals surface area contributed by atoms with Gasteiger partial charge >= 0.3 is 0 Å². The summed E-state index contributed by atoms with van der Waals surface area (Å²) in [5, 5.41) is 4.29. The number of benzene rings is 1. The molecule has 0 N–H and O–H groups in total. The molecule has 0 saturated carbocycles. The number of likely N-dealkylation sites (N-methyl/N-ethyl adjacent to an activating group) is 1. The van der Waals surface area contributed by atoms with Gasteiger partial charge in [0, 0.05) is 31.4 Å². The van der Waals surface area contributed by atoms with Crippen molar-refractivity contribution in [1.82, 2.24) is 14.7 Å². The predicted molar refractivity (Wildman–Crippen MR) is 86.3 cm³/mol. The van der Waals surface area contributed by atoms with Crippen LogP contribution in [0.4, 0.5) is 0 Å². The summed E-state index contributed by atoms with van der Waals surface area (Å²) >= 11 is 0. The minimum atomic E-state index is 0.886. The third-order valence-electron chi connectivity index (χ3n) is 3.31. The summed E-state index contributed by atoms with van der Waals surface area (Å²) in [5.74, 6) is 0.886. The molecule has 112 valence electrons. The summed E-state index contributed by atoms with van der Waals surface area (Å²) in [5.41, 5.74) is 2.43. The summed E-state index contributed by atoms with van der Waals surface area (Å²) in [7, 11) is 3.79. The summed E-state index contributed by atoms with van der Waals surface area (Å²) in [6.07, 6.45) is 8.34. The van der Waals surface area contributed by atoms with Crippen LogP contribution in [0, 0.1) is 0 Å². The molecule has 0 aliphatic carbocycles. The lowest BCUT2D eigenvalue weighted by molar-refractivity contribution is 0.364. The first kappa shape index (κ1) is 15.3. The van der Waals surface area contributed by atoms with Gasteiger partial charge in [-0.15, -0.1) is 0 Å². The van der Waals surface area contributed by atoms with Crippen molar-refractivity contribution in [3.63, 3.8) is 0 Å². The number of aromatic nitrogens is 2. The molecule has 1 aromatic heterocycles. The Kier molecular flexibility index (Phi) is 5.58. The highest BCUT2D eigenvalue weighted by molar-refractivity contribution is 5.50. The average molecular weight is 285 g/mol. The number of nitrogens with zero attached hydrogens (tertiary/aromatic N) is 3. The molecule has 0 saturated heterocycles. The van der Waals surface area contributed by atoms with E-state index >= 15 is 0 Å². The Hall–Kier alpha value is -2.07. The molecule has 0 aliphatic heterocycles. The Morgan fingerprint density at radius 2 is 2.05 bits per heavy atom. The zero-order valence-corrected chi connectivity index (χ0v) is 13.0. The van der Waals surface area contributed by atoms with E-state index in [4.69, 9.17) is 4.74 Å². The largest absolute Gasteiger partial charge is 0.497 e. The van der Waals surface area contributed by atoms with E-state index in [1.54, 1.807) is 7.11 Å². The summed E-state index contributed by atoms with van der Waals surface area (Å²) in [4.78, 5) is 2.26. The van der Waals surface area contributed by atoms with Gasteiger partial charge in [-0.3, -0.25) is 9.58 Å². The third kappa shape index (κ3) is 4.76. The monoisotopic (exact) mass is 285 g/mol. The van der Waals surface area contributed by atoms with E-state index in [0.717, 1.165) is 25.4 Å². The lowest BCUT2D eigenvalue weighted by atomic mass is 10.2. The first-order chi connectivity index (χ1) is 10.2. The van der Waals surface area contributed by atoms with Gasteiger partial charge in [0.05, 0.1) is 13.3 Å². The van der Waals surface area contributed by atoms with Crippen molar-refractivity contribution >= 4 is 6.08 Å². The van der Waals surface area contributed by atoms with Crippen LogP contribution >= 0.6 is 0 Å². The van der Waals surface area contributed by atoms with E-state index < -0.39 is 0 Å². The second kappa shape index (κ2) is 7.64. The molecule has 0 unspecified atom stereocenters. The summed E-state index contributed by atoms with van der Waals surface area (Å²) < 4.78 is 7.10. The molecule has 2 rings (SSSR count). The van der Waals surface area contributed by atoms with Crippen LogP contribution in [0.3, 0.4) is 0 Å². The maximum absolute atomic E-state index is 5.15. The molecule has 0 amide bonds. The normalized spacial score (nSPS) is 11.4. The SMILES string of the molecule is CCn1cc(CN(C)CC=Cc2ccc(OC)cc2)cn1. The number of methoxy groups -OCH3 is 1. The maximum atomic E-state index is 5.15. The van der Waals surface area contributed by atoms with E-state index in [9.17, 15) is 0 Å². The third-order valence-corrected chi connectivity index (χ3v) is 3.31. The van der Waals surface area contributed by atoms with Crippen molar-refractivity contribution in [2.75, 3.05) is 20.7 Å². The van der Waals surface area contributed by atoms with Crippen molar-refractivity contribution in [2.24, 2.45) is 0 Å². The first-order valence-electron chi connectivity index (χ1n) is 7.21. The molecule has 0 bridgehead atoms. The van der Waals surface area contributed by atoms with Gasteiger partial charge in [0.15, 0.2) is 0 Å². The van der Waals surface area contributed by atoms with E-state index in [-0.39, 0.29) is 0 Å². The number of hydrogen-bond acceptors (Lipinski definition) is 3. The molecule has 4 nitrogen and oxygen atoms in total. The predicted octanol–water partition coefficient (Wildman–Crippen LogP) is 3.06. The molecule has 0 aliphatic rings. The van der Waals surface area contributed by atoms with Gasteiger partial charge < -0.3 is 4.74 Å². The Labute approximate surface area is 126 Å². The van der Waals surface area contributed by atoms with E-state index in [2.05, 4.69) is 54.5 Å². The van der Waals surface area contributed by atoms with Crippen molar-refractivity contribution in [3.05, 3.63) is 53.9 Å². The zero-order chi connectivity index (χ0) is 15.1. The first-order valence-corrected chi connectivity index (χ1v) is 7.21. The standard InChI is InChI=1S/C17H23N3O/c1-4-20-14-16(12-18-20)13-19(2)11-5-6-15-7-9-17(21-3)10-8-15/h5-10,12,14H,4,11,13H2,1-3H3. The van der Waals surface area contributed by atoms with Crippen molar-refractivity contribution in [1.29, 1.82) is 0 Å². The Morgan fingerprint density at radius 1 is 1.29 bits per heavy atom. The second-order valence-electron chi connectivity index (χ2n) is 5.08. The van der Waals surface area contributed by atoms with E-state index in [1.807, 2.05) is 23.0 Å². The van der Waals surface area contributed by atoms with Crippen LogP contribution in [0.2, 0.25) is 0 Å². The highest BCUT2D eigenvalue weighted by Crippen LogP contribution is 2.12. The zero-order valence-electron chi connectivity index (χ0n) is 13.0. The number of rotatable bonds is 7. The van der Waals surface area contributed by atoms with Crippen LogP contribution in [0.1, 0.15) is 18.1 Å². The van der Waals surface area contributed by atoms with Crippen LogP contribution < -0.4 is 4.74 Å². The van der Waals surface area contributed by atoms with Crippen LogP contribution in [0.15, 0.2) is 42.7 Å². The van der Waals surface area contributed by atoms with E-state index in [0.29, 0.717) is 0 Å². The van der Waals surface area contributed by atoms with Crippen molar-refractivity contribution in [2.45, 2.75) is 20.0 Å². The fraction of sp³-hybridized carbons (Fsp3) is 0.353. The van der Waals surface area contributed by atoms with Crippen LogP contribution in [0.5, 0.6) is 5.75 Å². The quantitative estimate of drug-likeness (QED) is 0.783. The number of hydrogen-bond donors (Lipinski definition) is 0. The minimum absolute atomic E-state index is 0.886. The Bertz CT molecular complexity index is 572. The average Bonchev–Trinajstić information content (AvgIpc) is 2.95. The molecule has 21 heavy (non-hydrogen) atoms. The van der Waals surface area contributed by atoms with Gasteiger partial charge in [0.25, 0.3) is 0 Å². The van der Waals surface area contributed by atoms with Gasteiger partial charge in [0.2, 0.25) is 0 Å². The lowest BCUT2D eigenvalue weighted by Crippen LogP contribution is -2.17. The Morgan fingerprint density at radius 3 is 2.67 bits per heavy atom. The molecular weight excluding hydrogens is 262 g/mol. The molecule has 1 heterocycles. The molecule has 0 spiro atoms. The fourth-order valence-corrected chi connectivity index (χ4v) is 2.12. The lowest BCUT2D eigenvalue weighted by Gasteiger charge is -2.12. The highest BCUT2D eigenvalue weighted by Gasteiger charge is 2.01. The number of aryl methyl sites for hydroxylation is 1. The molecule has 1 aromatic carbocycles.